The minimum atomic E-state index is -1.72. The Hall–Kier alpha value is -7.23. The van der Waals surface area contributed by atoms with Gasteiger partial charge in [-0.3, -0.25) is 4.79 Å². The van der Waals surface area contributed by atoms with E-state index in [-0.39, 0.29) is 220 Å². The number of benzene rings is 15. The third kappa shape index (κ3) is 37.4. The maximum Gasteiger partial charge on any atom is 1.00 e. The molecule has 0 aliphatic carbocycles. The van der Waals surface area contributed by atoms with Crippen molar-refractivity contribution < 1.29 is 223 Å². The number of para-hydroxylation sites is 4. The van der Waals surface area contributed by atoms with E-state index in [0.29, 0.717) is 55.2 Å². The van der Waals surface area contributed by atoms with E-state index in [2.05, 4.69) is 130 Å². The molecule has 1 fully saturated rings. The number of rotatable bonds is 10. The average molecular weight is 2560 g/mol. The molecule has 0 unspecified atom stereocenters. The molecule has 748 valence electrons. The molecule has 4 aromatic heterocycles. The first-order valence-corrected chi connectivity index (χ1v) is 50.8. The van der Waals surface area contributed by atoms with Gasteiger partial charge in [-0.2, -0.15) is 0 Å². The van der Waals surface area contributed by atoms with Crippen LogP contribution in [-0.4, -0.2) is 115 Å². The SMILES string of the molecule is BrB(Br)Br.BrBr.C.C.C.C1CCOC1.COc1cc(O)c(-c2ccccc2F)cc1-c1ccccc1F.COc1cc(O)c(Br)cc1Br.COc1cccc(O)c1.ClCCl.ClCCl.O=CO[O-].OB(O)c1c2oc3ccccc3c2cc2c1oc1ccccc12.OB(O)c1ccccc1F.Oc1cc(O)c(-c2ccccc2F)cc1-c1ccccc1F.[H-].[K+].[K+].c1ccc2c(c1)oc1cc3oc4ccccc4c3cc12. The second kappa shape index (κ2) is 68.5. The first kappa shape index (κ1) is 131. The first-order chi connectivity index (χ1) is 67.0. The number of hydrogen-bond donors (Lipinski definition) is 9. The summed E-state index contributed by atoms with van der Waals surface area (Å²) in [5.41, 5.74) is 8.10. The Labute approximate surface area is 992 Å². The van der Waals surface area contributed by atoms with Gasteiger partial charge >= 0.3 is 120 Å². The zero-order valence-corrected chi connectivity index (χ0v) is 95.3. The Morgan fingerprint density at radius 3 is 1.02 bits per heavy atom. The van der Waals surface area contributed by atoms with Crippen LogP contribution in [-0.2, 0) is 14.4 Å². The van der Waals surface area contributed by atoms with Gasteiger partial charge in [0.05, 0.1) is 46.4 Å². The number of hydrogen-bond acceptors (Lipinski definition) is 20. The van der Waals surface area contributed by atoms with Crippen LogP contribution in [0.4, 0.5) is 22.0 Å². The number of carbonyl (C=O) groups is 1. The van der Waals surface area contributed by atoms with E-state index in [9.17, 15) is 52.4 Å². The zero-order valence-electron chi connectivity index (χ0n) is 75.9. The summed E-state index contributed by atoms with van der Waals surface area (Å²) in [5, 5.41) is 102. The van der Waals surface area contributed by atoms with Crippen LogP contribution < -0.4 is 133 Å². The molecule has 0 saturated carbocycles. The van der Waals surface area contributed by atoms with Crippen LogP contribution in [0.5, 0.6) is 46.0 Å². The van der Waals surface area contributed by atoms with Gasteiger partial charge in [0.15, 0.2) is 0 Å². The number of aromatic hydroxyl groups is 5. The molecule has 5 heterocycles. The molecule has 1 aliphatic rings. The van der Waals surface area contributed by atoms with Crippen molar-refractivity contribution in [2.75, 3.05) is 45.2 Å². The summed E-state index contributed by atoms with van der Waals surface area (Å²) in [4.78, 5) is 11.2. The van der Waals surface area contributed by atoms with Crippen molar-refractivity contribution in [3.63, 3.8) is 0 Å². The van der Waals surface area contributed by atoms with E-state index < -0.39 is 43.3 Å². The number of alkyl halides is 4. The smallest absolute Gasteiger partial charge is 1.00 e. The third-order valence-electron chi connectivity index (χ3n) is 19.6. The Kier molecular flexibility index (Phi) is 62.3. The summed E-state index contributed by atoms with van der Waals surface area (Å²) < 4.78 is 114. The third-order valence-corrected chi connectivity index (χ3v) is 20.8. The van der Waals surface area contributed by atoms with Crippen LogP contribution in [0.3, 0.4) is 0 Å². The molecule has 19 aromatic rings. The molecule has 41 heteroatoms. The summed E-state index contributed by atoms with van der Waals surface area (Å²) in [6.45, 7) is 1.82. The predicted octanol–water partition coefficient (Wildman–Crippen LogP) is 24.2. The molecular formula is C103H93B3Br7Cl4F5K2O20. The second-order valence-electron chi connectivity index (χ2n) is 28.0. The molecule has 0 radical (unpaired) electrons. The van der Waals surface area contributed by atoms with Crippen molar-refractivity contribution in [3.05, 3.63) is 335 Å². The topological polar surface area (TPSA) is 321 Å². The molecule has 144 heavy (non-hydrogen) atoms. The molecule has 1 aliphatic heterocycles. The minimum absolute atomic E-state index is 0. The summed E-state index contributed by atoms with van der Waals surface area (Å²) in [5.74, 6) is -1.18. The number of methoxy groups -OCH3 is 3. The Balaban J connectivity index is 0.000000559. The molecule has 20 rings (SSSR count). The number of ether oxygens (including phenoxy) is 4. The van der Waals surface area contributed by atoms with Gasteiger partial charge in [-0.1, -0.05) is 192 Å². The fourth-order valence-electron chi connectivity index (χ4n) is 13.6. The van der Waals surface area contributed by atoms with E-state index >= 15 is 0 Å². The number of carbonyl (C=O) groups excluding carboxylic acids is 1. The Morgan fingerprint density at radius 1 is 0.368 bits per heavy atom. The van der Waals surface area contributed by atoms with Crippen molar-refractivity contribution in [1.82, 2.24) is 0 Å². The number of halogens is 16. The zero-order chi connectivity index (χ0) is 101. The first-order valence-electron chi connectivity index (χ1n) is 40.6. The molecule has 15 aromatic carbocycles. The maximum atomic E-state index is 14.1. The quantitative estimate of drug-likeness (QED) is 0.0153. The predicted molar refractivity (Wildman–Crippen MR) is 591 cm³/mol. The van der Waals surface area contributed by atoms with Gasteiger partial charge in [0.1, 0.15) is 120 Å². The van der Waals surface area contributed by atoms with E-state index in [4.69, 9.17) is 108 Å². The van der Waals surface area contributed by atoms with Crippen LogP contribution in [0, 0.1) is 29.1 Å². The van der Waals surface area contributed by atoms with Gasteiger partial charge in [-0.05, 0) is 142 Å². The molecule has 0 amide bonds. The number of fused-ring (bicyclic) bond motifs is 12. The van der Waals surface area contributed by atoms with E-state index in [0.717, 1.165) is 89.2 Å². The van der Waals surface area contributed by atoms with Gasteiger partial charge < -0.3 is 93.8 Å². The van der Waals surface area contributed by atoms with Crippen molar-refractivity contribution in [2.24, 2.45) is 0 Å². The Bertz CT molecular complexity index is 6950. The van der Waals surface area contributed by atoms with Gasteiger partial charge in [-0.15, -0.1) is 93.7 Å². The maximum absolute atomic E-state index is 14.1. The van der Waals surface area contributed by atoms with Crippen molar-refractivity contribution in [3.8, 4) is 90.5 Å². The summed E-state index contributed by atoms with van der Waals surface area (Å²) in [7, 11) is 1.15. The normalized spacial score (nSPS) is 10.3. The average Bonchev–Trinajstić information content (AvgIpc) is 1.57. The van der Waals surface area contributed by atoms with Gasteiger partial charge in [0.25, 0.3) is 6.47 Å². The molecule has 9 N–H and O–H groups in total. The fourth-order valence-corrected chi connectivity index (χ4v) is 14.8. The van der Waals surface area contributed by atoms with Crippen molar-refractivity contribution in [1.29, 1.82) is 0 Å². The molecule has 0 atom stereocenters. The fraction of sp³-hybridized carbons (Fsp3) is 0.117. The van der Waals surface area contributed by atoms with Gasteiger partial charge in [0.2, 0.25) is 0 Å². The minimum Gasteiger partial charge on any atom is -1.00 e. The number of phenolic OH excluding ortho intramolecular Hbond substituents is 5. The van der Waals surface area contributed by atoms with Gasteiger partial charge in [-0.25, -0.2) is 22.0 Å². The van der Waals surface area contributed by atoms with Crippen LogP contribution in [0.2, 0.25) is 0 Å². The van der Waals surface area contributed by atoms with Crippen molar-refractivity contribution in [2.45, 2.75) is 35.1 Å². The molecular weight excluding hydrogens is 2460 g/mol. The Morgan fingerprint density at radius 2 is 0.694 bits per heavy atom. The summed E-state index contributed by atoms with van der Waals surface area (Å²) in [6.07, 6.45) is 2.56. The largest absolute Gasteiger partial charge is 1.00 e. The number of furan rings is 4. The van der Waals surface area contributed by atoms with Gasteiger partial charge in [0, 0.05) is 165 Å². The van der Waals surface area contributed by atoms with E-state index in [1.807, 2.05) is 97.1 Å². The molecule has 1 saturated heterocycles. The van der Waals surface area contributed by atoms with Crippen LogP contribution in [0.15, 0.2) is 324 Å². The van der Waals surface area contributed by atoms with Crippen molar-refractivity contribution >= 4 is 276 Å². The van der Waals surface area contributed by atoms with Crippen LogP contribution in [0.1, 0.15) is 36.5 Å². The van der Waals surface area contributed by atoms with E-state index in [1.54, 1.807) is 93.1 Å². The number of phenols is 5. The molecule has 20 nitrogen and oxygen atoms in total. The monoisotopic (exact) mass is 2550 g/mol. The molecule has 0 bridgehead atoms. The summed E-state index contributed by atoms with van der Waals surface area (Å²) >= 11 is 40.3. The summed E-state index contributed by atoms with van der Waals surface area (Å²) in [6, 6.07) is 82.7. The van der Waals surface area contributed by atoms with Crippen LogP contribution >= 0.6 is 154 Å². The van der Waals surface area contributed by atoms with Crippen LogP contribution in [0.25, 0.3) is 132 Å². The van der Waals surface area contributed by atoms with E-state index in [1.165, 1.54) is 117 Å². The second-order valence-corrected chi connectivity index (χ2v) is 37.8. The standard InChI is InChI=1S/C19H14F2O2.C18H11BO4.C18H12F2O2.C18H10O2.C7H6Br2O2.C7H8O2.C6H6BFO2.C4H8O.2CH2Cl2.CH2O3.3CH4.BBr3.Br2.2K.H/c1-23-19-11-18(22)14(12-6-2-4-8-16(12)20)10-15(19)13-7-3-5-9-17(13)21;20-19(21)16-17-12(10-5-1-3-7-14(10)22-17)9-13-11-6-2-4-8-15(11)23-18(13)16;19-15-7-3-1-5-11(15)13-9-14(18(22)10-17(13)21)12-6-2-4-8-16(12)20;1-3-7-15-11(5-1)13-9-14-12-6-2-4-8-16(12)20-18(14)10-17(13)19-15;1-11-7-3-6(10)4(8)2-5(7)9;1-9-7-4-2-3-6(8)5-7;8-6-4-2-1-3-5(6)7(9)10;1-2-4-5-3-1;2*2-1-3;2-1-4-3;;;;2-1(3)4;1-2;;;/h2-11,22H,1H3;1-9,20-21H;1-10,21-22H;1-10H;2-3,10H,1H3;2-5,8H,1H3;1-4,9-10H;1-4H2;2*1H2;1,3H;3*1H4;;;;;/q;;;;;;;;;;;;;;;;2*+1;-1/p-1. The molecule has 0 spiro atoms.